The highest BCUT2D eigenvalue weighted by atomic mass is 79.9. The lowest BCUT2D eigenvalue weighted by atomic mass is 10.3. The number of benzene rings is 1. The second-order valence-corrected chi connectivity index (χ2v) is 4.74. The maximum absolute atomic E-state index is 5.84. The molecule has 3 nitrogen and oxygen atoms in total. The fraction of sp³-hybridized carbons (Fsp3) is 0. The molecule has 2 N–H and O–H groups in total. The molecule has 2 aromatic rings. The summed E-state index contributed by atoms with van der Waals surface area (Å²) in [5.41, 5.74) is 6.57. The predicted molar refractivity (Wildman–Crippen MR) is 64.7 cm³/mol. The predicted octanol–water partition coefficient (Wildman–Crippen LogP) is 2.97. The lowest BCUT2D eigenvalue weighted by Gasteiger charge is -2.03. The minimum atomic E-state index is 0.697. The first-order chi connectivity index (χ1) is 7.25. The Kier molecular flexibility index (Phi) is 3.23. The zero-order valence-electron chi connectivity index (χ0n) is 7.72. The van der Waals surface area contributed by atoms with Gasteiger partial charge in [0.15, 0.2) is 5.16 Å². The highest BCUT2D eigenvalue weighted by Crippen LogP contribution is 2.31. The van der Waals surface area contributed by atoms with Crippen LogP contribution in [0.4, 0.5) is 5.69 Å². The van der Waals surface area contributed by atoms with Crippen molar-refractivity contribution in [3.05, 3.63) is 41.1 Å². The Hall–Kier alpha value is -1.07. The number of rotatable bonds is 2. The summed E-state index contributed by atoms with van der Waals surface area (Å²) in [5.74, 6) is 0. The number of aromatic nitrogens is 2. The standard InChI is InChI=1S/C10H8BrN3S/c11-7-2-3-8(12)9(6-7)15-10-13-4-1-5-14-10/h1-6H,12H2. The monoisotopic (exact) mass is 281 g/mol. The summed E-state index contributed by atoms with van der Waals surface area (Å²) in [6.07, 6.45) is 3.42. The number of hydrogen-bond acceptors (Lipinski definition) is 4. The first-order valence-corrected chi connectivity index (χ1v) is 5.86. The zero-order chi connectivity index (χ0) is 10.7. The van der Waals surface area contributed by atoms with Gasteiger partial charge in [0, 0.05) is 27.4 Å². The fourth-order valence-electron chi connectivity index (χ4n) is 1.03. The number of hydrogen-bond donors (Lipinski definition) is 1. The van der Waals surface area contributed by atoms with E-state index in [1.165, 1.54) is 11.8 Å². The van der Waals surface area contributed by atoms with Gasteiger partial charge in [0.25, 0.3) is 0 Å². The molecule has 2 rings (SSSR count). The van der Waals surface area contributed by atoms with Gasteiger partial charge in [0.1, 0.15) is 0 Å². The van der Waals surface area contributed by atoms with E-state index in [1.807, 2.05) is 18.2 Å². The first kappa shape index (κ1) is 10.4. The van der Waals surface area contributed by atoms with Crippen LogP contribution in [-0.2, 0) is 0 Å². The molecule has 0 amide bonds. The summed E-state index contributed by atoms with van der Waals surface area (Å²) in [5, 5.41) is 0.697. The first-order valence-electron chi connectivity index (χ1n) is 4.25. The summed E-state index contributed by atoms with van der Waals surface area (Å²) < 4.78 is 0.995. The molecule has 0 aliphatic heterocycles. The van der Waals surface area contributed by atoms with Crippen molar-refractivity contribution in [2.75, 3.05) is 5.73 Å². The zero-order valence-corrected chi connectivity index (χ0v) is 10.1. The van der Waals surface area contributed by atoms with Gasteiger partial charge in [-0.2, -0.15) is 0 Å². The van der Waals surface area contributed by atoms with Gasteiger partial charge in [-0.05, 0) is 36.0 Å². The van der Waals surface area contributed by atoms with Crippen LogP contribution in [0, 0.1) is 0 Å². The summed E-state index contributed by atoms with van der Waals surface area (Å²) >= 11 is 4.85. The molecule has 76 valence electrons. The van der Waals surface area contributed by atoms with Crippen molar-refractivity contribution in [3.8, 4) is 0 Å². The Morgan fingerprint density at radius 2 is 1.93 bits per heavy atom. The lowest BCUT2D eigenvalue weighted by Crippen LogP contribution is -1.89. The largest absolute Gasteiger partial charge is 0.398 e. The molecule has 0 atom stereocenters. The third-order valence-corrected chi connectivity index (χ3v) is 3.18. The van der Waals surface area contributed by atoms with E-state index in [9.17, 15) is 0 Å². The van der Waals surface area contributed by atoms with Crippen LogP contribution >= 0.6 is 27.7 Å². The molecule has 1 heterocycles. The number of anilines is 1. The molecule has 0 unspecified atom stereocenters. The van der Waals surface area contributed by atoms with Crippen LogP contribution in [0.5, 0.6) is 0 Å². The lowest BCUT2D eigenvalue weighted by molar-refractivity contribution is 0.967. The van der Waals surface area contributed by atoms with E-state index in [0.717, 1.165) is 15.1 Å². The van der Waals surface area contributed by atoms with Crippen LogP contribution in [0.25, 0.3) is 0 Å². The topological polar surface area (TPSA) is 51.8 Å². The van der Waals surface area contributed by atoms with Crippen molar-refractivity contribution in [2.45, 2.75) is 10.1 Å². The maximum atomic E-state index is 5.84. The highest BCUT2D eigenvalue weighted by Gasteiger charge is 2.04. The van der Waals surface area contributed by atoms with E-state index in [2.05, 4.69) is 25.9 Å². The summed E-state index contributed by atoms with van der Waals surface area (Å²) in [7, 11) is 0. The van der Waals surface area contributed by atoms with Crippen molar-refractivity contribution in [2.24, 2.45) is 0 Å². The fourth-order valence-corrected chi connectivity index (χ4v) is 2.34. The number of halogens is 1. The second-order valence-electron chi connectivity index (χ2n) is 2.82. The Bertz CT molecular complexity index is 461. The van der Waals surface area contributed by atoms with Crippen LogP contribution in [0.1, 0.15) is 0 Å². The average Bonchev–Trinajstić information content (AvgIpc) is 2.25. The van der Waals surface area contributed by atoms with Gasteiger partial charge in [-0.15, -0.1) is 0 Å². The number of nitrogens with zero attached hydrogens (tertiary/aromatic N) is 2. The normalized spacial score (nSPS) is 10.2. The van der Waals surface area contributed by atoms with Crippen LogP contribution in [0.2, 0.25) is 0 Å². The quantitative estimate of drug-likeness (QED) is 0.679. The van der Waals surface area contributed by atoms with Gasteiger partial charge in [-0.3, -0.25) is 0 Å². The molecule has 0 radical (unpaired) electrons. The van der Waals surface area contributed by atoms with Crippen LogP contribution in [-0.4, -0.2) is 9.97 Å². The van der Waals surface area contributed by atoms with Gasteiger partial charge in [0.05, 0.1) is 0 Å². The molecule has 0 fully saturated rings. The smallest absolute Gasteiger partial charge is 0.192 e. The van der Waals surface area contributed by atoms with Gasteiger partial charge in [0.2, 0.25) is 0 Å². The van der Waals surface area contributed by atoms with E-state index in [-0.39, 0.29) is 0 Å². The molecule has 5 heteroatoms. The van der Waals surface area contributed by atoms with E-state index in [0.29, 0.717) is 5.16 Å². The molecule has 0 aliphatic rings. The molecule has 15 heavy (non-hydrogen) atoms. The molecule has 0 aliphatic carbocycles. The molecule has 0 saturated heterocycles. The minimum absolute atomic E-state index is 0.697. The Labute approximate surface area is 100 Å². The van der Waals surface area contributed by atoms with Gasteiger partial charge < -0.3 is 5.73 Å². The van der Waals surface area contributed by atoms with Crippen molar-refractivity contribution in [1.29, 1.82) is 0 Å². The summed E-state index contributed by atoms with van der Waals surface area (Å²) in [6, 6.07) is 7.51. The number of nitrogen functional groups attached to an aromatic ring is 1. The minimum Gasteiger partial charge on any atom is -0.398 e. The van der Waals surface area contributed by atoms with Gasteiger partial charge >= 0.3 is 0 Å². The van der Waals surface area contributed by atoms with Gasteiger partial charge in [-0.25, -0.2) is 9.97 Å². The molecular formula is C10H8BrN3S. The summed E-state index contributed by atoms with van der Waals surface area (Å²) in [4.78, 5) is 9.21. The SMILES string of the molecule is Nc1ccc(Br)cc1Sc1ncccn1. The van der Waals surface area contributed by atoms with E-state index >= 15 is 0 Å². The highest BCUT2D eigenvalue weighted by molar-refractivity contribution is 9.10. The van der Waals surface area contributed by atoms with Crippen LogP contribution in [0.3, 0.4) is 0 Å². The van der Waals surface area contributed by atoms with Crippen LogP contribution in [0.15, 0.2) is 51.2 Å². The Morgan fingerprint density at radius 3 is 2.67 bits per heavy atom. The molecular weight excluding hydrogens is 274 g/mol. The van der Waals surface area contributed by atoms with Crippen molar-refractivity contribution in [1.82, 2.24) is 9.97 Å². The molecule has 0 saturated carbocycles. The third kappa shape index (κ3) is 2.70. The van der Waals surface area contributed by atoms with Crippen molar-refractivity contribution >= 4 is 33.4 Å². The second kappa shape index (κ2) is 4.63. The Morgan fingerprint density at radius 1 is 1.20 bits per heavy atom. The average molecular weight is 282 g/mol. The maximum Gasteiger partial charge on any atom is 0.192 e. The molecule has 0 bridgehead atoms. The van der Waals surface area contributed by atoms with E-state index in [4.69, 9.17) is 5.73 Å². The Balaban J connectivity index is 2.28. The van der Waals surface area contributed by atoms with Crippen LogP contribution < -0.4 is 5.73 Å². The van der Waals surface area contributed by atoms with E-state index < -0.39 is 0 Å². The van der Waals surface area contributed by atoms with Gasteiger partial charge in [-0.1, -0.05) is 15.9 Å². The van der Waals surface area contributed by atoms with Crippen molar-refractivity contribution in [3.63, 3.8) is 0 Å². The molecule has 0 spiro atoms. The summed E-state index contributed by atoms with van der Waals surface area (Å²) in [6.45, 7) is 0. The number of nitrogens with two attached hydrogens (primary N) is 1. The molecule has 1 aromatic carbocycles. The van der Waals surface area contributed by atoms with E-state index in [1.54, 1.807) is 18.5 Å². The van der Waals surface area contributed by atoms with Crippen molar-refractivity contribution < 1.29 is 0 Å². The third-order valence-electron chi connectivity index (χ3n) is 1.72. The molecule has 1 aromatic heterocycles.